The van der Waals surface area contributed by atoms with Gasteiger partial charge in [-0.2, -0.15) is 0 Å². The van der Waals surface area contributed by atoms with Crippen molar-refractivity contribution >= 4 is 94.0 Å². The van der Waals surface area contributed by atoms with Crippen molar-refractivity contribution in [3.63, 3.8) is 0 Å². The Bertz CT molecular complexity index is 3870. The molecule has 0 radical (unpaired) electrons. The molecule has 0 aliphatic carbocycles. The average Bonchev–Trinajstić information content (AvgIpc) is 1.55. The molecule has 0 spiro atoms. The molecule has 97 heavy (non-hydrogen) atoms. The fourth-order valence-electron chi connectivity index (χ4n) is 11.5. The zero-order valence-electron chi connectivity index (χ0n) is 64.6. The maximum atomic E-state index is 7.61. The average molecular weight is 1430 g/mol. The highest BCUT2D eigenvalue weighted by Crippen LogP contribution is 2.50. The van der Waals surface area contributed by atoms with Gasteiger partial charge in [-0.1, -0.05) is 161 Å². The number of hydrogen-bond acceptors (Lipinski definition) is 14. The van der Waals surface area contributed by atoms with E-state index in [0.717, 1.165) is 32.9 Å². The summed E-state index contributed by atoms with van der Waals surface area (Å²) in [7, 11) is -14.2. The molecule has 0 amide bonds. The second-order valence-corrected chi connectivity index (χ2v) is 65.6. The van der Waals surface area contributed by atoms with E-state index in [1.807, 2.05) is 12.7 Å². The predicted octanol–water partition coefficient (Wildman–Crippen LogP) is 18.8. The third kappa shape index (κ3) is 14.4. The number of imidazole rings is 2. The van der Waals surface area contributed by atoms with Gasteiger partial charge in [-0.15, -0.1) is 0 Å². The van der Waals surface area contributed by atoms with Crippen LogP contribution in [0, 0.1) is 0 Å². The van der Waals surface area contributed by atoms with E-state index in [4.69, 9.17) is 65.9 Å². The first-order valence-electron chi connectivity index (χ1n) is 35.2. The maximum Gasteiger partial charge on any atom is 0.192 e. The number of hydrogen-bond donors (Lipinski definition) is 0. The van der Waals surface area contributed by atoms with Gasteiger partial charge in [0.1, 0.15) is 49.3 Å². The first-order chi connectivity index (χ1) is 44.4. The summed E-state index contributed by atoms with van der Waals surface area (Å²) >= 11 is 0. The summed E-state index contributed by atoms with van der Waals surface area (Å²) < 4.78 is 67.6. The molecule has 18 nitrogen and oxygen atoms in total. The Labute approximate surface area is 585 Å². The van der Waals surface area contributed by atoms with Crippen LogP contribution in [0.1, 0.15) is 148 Å². The molecule has 10 rings (SSSR count). The van der Waals surface area contributed by atoms with Gasteiger partial charge in [0, 0.05) is 29.6 Å². The lowest BCUT2D eigenvalue weighted by molar-refractivity contribution is -0.0470. The van der Waals surface area contributed by atoms with E-state index in [0.29, 0.717) is 53.6 Å². The molecule has 532 valence electrons. The summed E-state index contributed by atoms with van der Waals surface area (Å²) in [6.45, 7) is 69.6. The van der Waals surface area contributed by atoms with Gasteiger partial charge in [0.25, 0.3) is 0 Å². The number of fused-ring (bicyclic) bond motifs is 4. The Morgan fingerprint density at radius 3 is 0.990 bits per heavy atom. The second-order valence-electron chi connectivity index (χ2n) is 36.9. The number of nitrogens with zero attached hydrogens (tertiary/aromatic N) is 10. The lowest BCUT2D eigenvalue weighted by Gasteiger charge is -2.44. The molecular formula is C73H118N10O8Si6. The summed E-state index contributed by atoms with van der Waals surface area (Å²) in [5.41, 5.74) is 6.80. The smallest absolute Gasteiger partial charge is 0.192 e. The van der Waals surface area contributed by atoms with Crippen molar-refractivity contribution < 1.29 is 36.0 Å². The molecule has 2 aliphatic rings. The Kier molecular flexibility index (Phi) is 20.0. The van der Waals surface area contributed by atoms with Gasteiger partial charge in [0.15, 0.2) is 96.3 Å². The molecule has 2 fully saturated rings. The molecule has 8 atom stereocenters. The van der Waals surface area contributed by atoms with E-state index in [9.17, 15) is 0 Å². The van der Waals surface area contributed by atoms with E-state index < -0.39 is 99.0 Å². The molecule has 0 N–H and O–H groups in total. The van der Waals surface area contributed by atoms with Crippen molar-refractivity contribution in [2.24, 2.45) is 0 Å². The van der Waals surface area contributed by atoms with E-state index >= 15 is 0 Å². The third-order valence-corrected chi connectivity index (χ3v) is 50.9. The van der Waals surface area contributed by atoms with Gasteiger partial charge in [-0.25, -0.2) is 29.9 Å². The summed E-state index contributed by atoms with van der Waals surface area (Å²) in [6, 6.07) is 17.1. The lowest BCUT2D eigenvalue weighted by atomic mass is 10.0. The van der Waals surface area contributed by atoms with Crippen LogP contribution in [0.5, 0.6) is 0 Å². The standard InChI is InChI=1S/C73H118N10O8Si6/c1-68(2,3)92(19,20)84-42-54-58(88-94(23,24)70(7,8)9)60(90-96(27,28)72(13,14)15)66(86-54)82-46-78-56-62(74-44-76-64(56)82)80-40-48(50-35-31-33-37-52(50)80)39-49-41-81(53-38-34-32-36-51(49)53)63-57-65(77-45-75-63)83(47-79-57)67-61(91-97(29,30)73(16,17)18)59(89-95(25,26)71(10,11)12)55(87-67)43-85-93(21,22)69(4,5)6/h31-38,40-41,44-47,54-55,58-61,66-67H,39,42-43H2,1-30H3/t54-,55-,58-,59-,60-,61-,66-,67-/m1/s1. The van der Waals surface area contributed by atoms with Crippen molar-refractivity contribution in [2.75, 3.05) is 13.2 Å². The Balaban J connectivity index is 1.04. The number of ether oxygens (including phenoxy) is 2. The Morgan fingerprint density at radius 1 is 0.381 bits per heavy atom. The summed E-state index contributed by atoms with van der Waals surface area (Å²) in [6.07, 6.45) is 8.15. The van der Waals surface area contributed by atoms with Crippen LogP contribution >= 0.6 is 0 Å². The third-order valence-electron chi connectivity index (χ3n) is 24.0. The van der Waals surface area contributed by atoms with Gasteiger partial charge >= 0.3 is 0 Å². The fourth-order valence-corrected chi connectivity index (χ4v) is 18.7. The van der Waals surface area contributed by atoms with Crippen LogP contribution in [-0.4, -0.2) is 148 Å². The van der Waals surface area contributed by atoms with E-state index in [2.05, 4.69) is 282 Å². The van der Waals surface area contributed by atoms with Gasteiger partial charge in [-0.3, -0.25) is 18.3 Å². The van der Waals surface area contributed by atoms with Crippen LogP contribution in [0.4, 0.5) is 0 Å². The number of aromatic nitrogens is 10. The number of para-hydroxylation sites is 2. The largest absolute Gasteiger partial charge is 0.414 e. The normalized spacial score (nSPS) is 22.0. The van der Waals surface area contributed by atoms with Crippen LogP contribution in [0.25, 0.3) is 55.8 Å². The molecular weight excluding hydrogens is 1310 g/mol. The molecule has 24 heteroatoms. The van der Waals surface area contributed by atoms with Crippen molar-refractivity contribution in [3.05, 3.63) is 97.4 Å². The van der Waals surface area contributed by atoms with Crippen molar-refractivity contribution in [1.82, 2.24) is 48.2 Å². The summed E-state index contributed by atoms with van der Waals surface area (Å²) in [5.74, 6) is 1.32. The van der Waals surface area contributed by atoms with Crippen molar-refractivity contribution in [2.45, 2.75) is 289 Å². The lowest BCUT2D eigenvalue weighted by Crippen LogP contribution is -2.54. The van der Waals surface area contributed by atoms with Crippen LogP contribution < -0.4 is 0 Å². The minimum absolute atomic E-state index is 0.000541. The van der Waals surface area contributed by atoms with E-state index in [1.165, 1.54) is 0 Å². The minimum atomic E-state index is -2.46. The molecule has 0 unspecified atom stereocenters. The van der Waals surface area contributed by atoms with Gasteiger partial charge < -0.3 is 36.0 Å². The molecule has 2 saturated heterocycles. The monoisotopic (exact) mass is 1430 g/mol. The minimum Gasteiger partial charge on any atom is -0.414 e. The predicted molar refractivity (Wildman–Crippen MR) is 410 cm³/mol. The molecule has 8 aromatic rings. The quantitative estimate of drug-likeness (QED) is 0.0660. The molecule has 8 heterocycles. The zero-order valence-corrected chi connectivity index (χ0v) is 70.6. The first-order valence-corrected chi connectivity index (χ1v) is 52.7. The fraction of sp³-hybridized carbons (Fsp3) is 0.644. The highest BCUT2D eigenvalue weighted by molar-refractivity contribution is 6.76. The van der Waals surface area contributed by atoms with Crippen molar-refractivity contribution in [3.8, 4) is 11.6 Å². The van der Waals surface area contributed by atoms with Crippen LogP contribution in [0.3, 0.4) is 0 Å². The topological polar surface area (TPSA) is 171 Å². The van der Waals surface area contributed by atoms with Gasteiger partial charge in [0.05, 0.1) is 36.9 Å². The van der Waals surface area contributed by atoms with Crippen LogP contribution in [0.2, 0.25) is 109 Å². The van der Waals surface area contributed by atoms with E-state index in [-0.39, 0.29) is 30.2 Å². The van der Waals surface area contributed by atoms with Gasteiger partial charge in [-0.05, 0) is 132 Å². The molecule has 6 aromatic heterocycles. The molecule has 2 aromatic carbocycles. The SMILES string of the molecule is CC(C)(C)[Si](C)(C)OC[C@H]1O[C@@H](n2cnc3c(-n4cc(Cc5cn(-c6ncnc7c6ncn7[C@@H]6O[C@H](CO[Si](C)(C)C(C)(C)C)[C@@H](O[Si](C)(C)C(C)(C)C)[C@H]6O[Si](C)(C)C(C)(C)C)c6ccccc56)c5ccccc54)ncnc32)[C@H](O[Si](C)(C)C(C)(C)C)[C@@H]1O[Si](C)(C)C(C)(C)C. The number of rotatable bonds is 20. The molecule has 0 bridgehead atoms. The highest BCUT2D eigenvalue weighted by Gasteiger charge is 2.58. The molecule has 0 saturated carbocycles. The van der Waals surface area contributed by atoms with E-state index in [1.54, 1.807) is 12.7 Å². The Hall–Kier alpha value is -4.40. The Morgan fingerprint density at radius 2 is 0.680 bits per heavy atom. The first kappa shape index (κ1) is 75.3. The van der Waals surface area contributed by atoms with Crippen LogP contribution in [-0.2, 0) is 42.5 Å². The molecule has 2 aliphatic heterocycles. The zero-order chi connectivity index (χ0) is 71.8. The van der Waals surface area contributed by atoms with Crippen molar-refractivity contribution in [1.29, 1.82) is 0 Å². The van der Waals surface area contributed by atoms with Crippen LogP contribution in [0.15, 0.2) is 86.2 Å². The number of benzene rings is 2. The second kappa shape index (κ2) is 25.8. The highest BCUT2D eigenvalue weighted by atomic mass is 28.4. The van der Waals surface area contributed by atoms with Gasteiger partial charge in [0.2, 0.25) is 0 Å². The summed E-state index contributed by atoms with van der Waals surface area (Å²) in [4.78, 5) is 30.6. The maximum absolute atomic E-state index is 7.61. The summed E-state index contributed by atoms with van der Waals surface area (Å²) in [5, 5.41) is 1.87.